The highest BCUT2D eigenvalue weighted by atomic mass is 16.5. The maximum absolute atomic E-state index is 12.8. The monoisotopic (exact) mass is 296 g/mol. The van der Waals surface area contributed by atoms with Crippen LogP contribution in [0.3, 0.4) is 0 Å². The number of hydrogen-bond donors (Lipinski definition) is 1. The number of nitrogen functional groups attached to an aromatic ring is 1. The van der Waals surface area contributed by atoms with Gasteiger partial charge in [0.2, 0.25) is 5.91 Å². The number of ether oxygens (including phenoxy) is 1. The Kier molecular flexibility index (Phi) is 3.75. The molecule has 0 spiro atoms. The molecule has 0 fully saturated rings. The summed E-state index contributed by atoms with van der Waals surface area (Å²) in [5.74, 6) is 1.34. The Morgan fingerprint density at radius 3 is 2.82 bits per heavy atom. The molecule has 0 aromatic heterocycles. The van der Waals surface area contributed by atoms with Gasteiger partial charge in [0.05, 0.1) is 5.92 Å². The molecule has 1 atom stereocenters. The molecule has 0 bridgehead atoms. The van der Waals surface area contributed by atoms with Crippen molar-refractivity contribution in [2.24, 2.45) is 0 Å². The van der Waals surface area contributed by atoms with E-state index in [1.54, 1.807) is 11.0 Å². The van der Waals surface area contributed by atoms with Crippen molar-refractivity contribution in [2.75, 3.05) is 19.3 Å². The fourth-order valence-electron chi connectivity index (χ4n) is 2.79. The van der Waals surface area contributed by atoms with Crippen LogP contribution in [0.4, 0.5) is 5.69 Å². The minimum absolute atomic E-state index is 0.0923. The van der Waals surface area contributed by atoms with Crippen LogP contribution in [0.5, 0.6) is 11.5 Å². The lowest BCUT2D eigenvalue weighted by Gasteiger charge is -2.22. The molecule has 2 N–H and O–H groups in total. The molecule has 1 aliphatic heterocycles. The number of fused-ring (bicyclic) bond motifs is 2. The number of amides is 1. The maximum Gasteiger partial charge on any atom is 0.230 e. The third-order valence-corrected chi connectivity index (χ3v) is 4.17. The summed E-state index contributed by atoms with van der Waals surface area (Å²) in [6.07, 6.45) is 0.621. The summed E-state index contributed by atoms with van der Waals surface area (Å²) >= 11 is 0. The first-order chi connectivity index (χ1) is 10.6. The number of para-hydroxylation sites is 1. The molecule has 0 radical (unpaired) electrons. The largest absolute Gasteiger partial charge is 0.457 e. The summed E-state index contributed by atoms with van der Waals surface area (Å²) in [4.78, 5) is 14.5. The van der Waals surface area contributed by atoms with E-state index in [0.717, 1.165) is 16.9 Å². The molecule has 0 saturated carbocycles. The molecule has 1 heterocycles. The molecule has 3 rings (SSSR count). The predicted molar refractivity (Wildman–Crippen MR) is 87.1 cm³/mol. The van der Waals surface area contributed by atoms with Gasteiger partial charge in [-0.3, -0.25) is 4.79 Å². The van der Waals surface area contributed by atoms with Crippen LogP contribution in [-0.4, -0.2) is 24.4 Å². The number of hydrogen-bond acceptors (Lipinski definition) is 3. The van der Waals surface area contributed by atoms with Crippen molar-refractivity contribution in [1.82, 2.24) is 4.90 Å². The Hall–Kier alpha value is -2.49. The molecular formula is C18H20N2O2. The van der Waals surface area contributed by atoms with Gasteiger partial charge >= 0.3 is 0 Å². The zero-order valence-corrected chi connectivity index (χ0v) is 12.9. The minimum atomic E-state index is -0.271. The van der Waals surface area contributed by atoms with Crippen LogP contribution in [0.1, 0.15) is 24.0 Å². The SMILES string of the molecule is CCN(C)C(=O)[C@H]1Cc2ccccc2Oc2ccc(N)cc21. The lowest BCUT2D eigenvalue weighted by Crippen LogP contribution is -2.32. The second-order valence-corrected chi connectivity index (χ2v) is 5.62. The van der Waals surface area contributed by atoms with E-state index in [1.807, 2.05) is 50.4 Å². The van der Waals surface area contributed by atoms with Crippen LogP contribution in [0.15, 0.2) is 42.5 Å². The van der Waals surface area contributed by atoms with Gasteiger partial charge in [0.15, 0.2) is 0 Å². The number of carbonyl (C=O) groups is 1. The van der Waals surface area contributed by atoms with Gasteiger partial charge in [-0.1, -0.05) is 18.2 Å². The van der Waals surface area contributed by atoms with Gasteiger partial charge in [0, 0.05) is 24.8 Å². The van der Waals surface area contributed by atoms with E-state index in [4.69, 9.17) is 10.5 Å². The van der Waals surface area contributed by atoms with E-state index in [0.29, 0.717) is 24.4 Å². The summed E-state index contributed by atoms with van der Waals surface area (Å²) in [7, 11) is 1.83. The van der Waals surface area contributed by atoms with Crippen molar-refractivity contribution in [2.45, 2.75) is 19.3 Å². The number of likely N-dealkylation sites (N-methyl/N-ethyl adjacent to an activating group) is 1. The zero-order valence-electron chi connectivity index (χ0n) is 12.9. The molecule has 0 aliphatic carbocycles. The van der Waals surface area contributed by atoms with Crippen molar-refractivity contribution in [1.29, 1.82) is 0 Å². The summed E-state index contributed by atoms with van der Waals surface area (Å²) in [5, 5.41) is 0. The smallest absolute Gasteiger partial charge is 0.230 e. The third-order valence-electron chi connectivity index (χ3n) is 4.17. The van der Waals surface area contributed by atoms with E-state index >= 15 is 0 Å². The first kappa shape index (κ1) is 14.4. The number of nitrogens with zero attached hydrogens (tertiary/aromatic N) is 1. The standard InChI is InChI=1S/C18H20N2O2/c1-3-20(2)18(21)15-10-12-6-4-5-7-16(12)22-17-9-8-13(19)11-14(15)17/h4-9,11,15H,3,10,19H2,1-2H3/t15-/m0/s1. The van der Waals surface area contributed by atoms with Gasteiger partial charge in [-0.25, -0.2) is 0 Å². The van der Waals surface area contributed by atoms with Crippen LogP contribution in [0.25, 0.3) is 0 Å². The van der Waals surface area contributed by atoms with Gasteiger partial charge in [0.1, 0.15) is 11.5 Å². The Labute approximate surface area is 130 Å². The summed E-state index contributed by atoms with van der Waals surface area (Å²) in [5.41, 5.74) is 8.48. The van der Waals surface area contributed by atoms with Crippen molar-refractivity contribution < 1.29 is 9.53 Å². The molecule has 114 valence electrons. The molecular weight excluding hydrogens is 276 g/mol. The molecule has 4 nitrogen and oxygen atoms in total. The lowest BCUT2D eigenvalue weighted by atomic mass is 9.90. The summed E-state index contributed by atoms with van der Waals surface area (Å²) < 4.78 is 6.02. The zero-order chi connectivity index (χ0) is 15.7. The Balaban J connectivity index is 2.12. The van der Waals surface area contributed by atoms with E-state index < -0.39 is 0 Å². The molecule has 0 saturated heterocycles. The van der Waals surface area contributed by atoms with Crippen molar-refractivity contribution in [3.05, 3.63) is 53.6 Å². The van der Waals surface area contributed by atoms with Crippen LogP contribution < -0.4 is 10.5 Å². The minimum Gasteiger partial charge on any atom is -0.457 e. The van der Waals surface area contributed by atoms with Gasteiger partial charge in [-0.05, 0) is 43.2 Å². The van der Waals surface area contributed by atoms with Crippen LogP contribution in [0.2, 0.25) is 0 Å². The van der Waals surface area contributed by atoms with Gasteiger partial charge in [-0.2, -0.15) is 0 Å². The van der Waals surface area contributed by atoms with Crippen molar-refractivity contribution in [3.8, 4) is 11.5 Å². The second-order valence-electron chi connectivity index (χ2n) is 5.62. The number of anilines is 1. The lowest BCUT2D eigenvalue weighted by molar-refractivity contribution is -0.131. The van der Waals surface area contributed by atoms with Crippen LogP contribution in [0, 0.1) is 0 Å². The van der Waals surface area contributed by atoms with Crippen LogP contribution in [-0.2, 0) is 11.2 Å². The van der Waals surface area contributed by atoms with Gasteiger partial charge in [0.25, 0.3) is 0 Å². The molecule has 1 amide bonds. The fourth-order valence-corrected chi connectivity index (χ4v) is 2.79. The van der Waals surface area contributed by atoms with Crippen molar-refractivity contribution >= 4 is 11.6 Å². The average Bonchev–Trinajstić information content (AvgIpc) is 2.69. The maximum atomic E-state index is 12.8. The van der Waals surface area contributed by atoms with E-state index in [1.165, 1.54) is 0 Å². The van der Waals surface area contributed by atoms with Crippen LogP contribution >= 0.6 is 0 Å². The highest BCUT2D eigenvalue weighted by molar-refractivity contribution is 5.85. The Bertz CT molecular complexity index is 712. The van der Waals surface area contributed by atoms with E-state index in [9.17, 15) is 4.79 Å². The molecule has 1 aliphatic rings. The fraction of sp³-hybridized carbons (Fsp3) is 0.278. The normalized spacial score (nSPS) is 16.0. The number of carbonyl (C=O) groups excluding carboxylic acids is 1. The summed E-state index contributed by atoms with van der Waals surface area (Å²) in [6.45, 7) is 2.65. The Morgan fingerprint density at radius 2 is 2.05 bits per heavy atom. The van der Waals surface area contributed by atoms with Gasteiger partial charge < -0.3 is 15.4 Å². The number of rotatable bonds is 2. The quantitative estimate of drug-likeness (QED) is 0.866. The molecule has 2 aromatic rings. The molecule has 2 aromatic carbocycles. The average molecular weight is 296 g/mol. The van der Waals surface area contributed by atoms with Crippen molar-refractivity contribution in [3.63, 3.8) is 0 Å². The summed E-state index contributed by atoms with van der Waals surface area (Å²) in [6, 6.07) is 13.4. The topological polar surface area (TPSA) is 55.6 Å². The highest BCUT2D eigenvalue weighted by Gasteiger charge is 2.30. The third kappa shape index (κ3) is 2.52. The predicted octanol–water partition coefficient (Wildman–Crippen LogP) is 3.18. The second kappa shape index (κ2) is 5.72. The molecule has 22 heavy (non-hydrogen) atoms. The highest BCUT2D eigenvalue weighted by Crippen LogP contribution is 2.40. The number of benzene rings is 2. The molecule has 0 unspecified atom stereocenters. The Morgan fingerprint density at radius 1 is 1.27 bits per heavy atom. The van der Waals surface area contributed by atoms with E-state index in [2.05, 4.69) is 0 Å². The van der Waals surface area contributed by atoms with E-state index in [-0.39, 0.29) is 11.8 Å². The first-order valence-corrected chi connectivity index (χ1v) is 7.50. The molecule has 4 heteroatoms. The van der Waals surface area contributed by atoms with Gasteiger partial charge in [-0.15, -0.1) is 0 Å². The first-order valence-electron chi connectivity index (χ1n) is 7.50. The number of nitrogens with two attached hydrogens (primary N) is 1.